The Balaban J connectivity index is 1.95. The van der Waals surface area contributed by atoms with Crippen molar-refractivity contribution in [2.24, 2.45) is 0 Å². The lowest BCUT2D eigenvalue weighted by atomic mass is 10.1. The highest BCUT2D eigenvalue weighted by Crippen LogP contribution is 2.31. The summed E-state index contributed by atoms with van der Waals surface area (Å²) in [6, 6.07) is 11.4. The maximum absolute atomic E-state index is 12.8. The molecule has 1 aliphatic heterocycles. The number of imide groups is 1. The molecule has 6 nitrogen and oxygen atoms in total. The van der Waals surface area contributed by atoms with Crippen LogP contribution < -0.4 is 4.90 Å². The van der Waals surface area contributed by atoms with Crippen molar-refractivity contribution in [3.05, 3.63) is 64.7 Å². The normalized spacial score (nSPS) is 12.9. The molecular formula is C20H17NO5. The van der Waals surface area contributed by atoms with Crippen LogP contribution in [0.1, 0.15) is 50.5 Å². The number of esters is 1. The second-order valence-corrected chi connectivity index (χ2v) is 5.97. The zero-order chi connectivity index (χ0) is 18.8. The largest absolute Gasteiger partial charge is 0.454 e. The summed E-state index contributed by atoms with van der Waals surface area (Å²) in [7, 11) is 0. The highest BCUT2D eigenvalue weighted by Gasteiger charge is 2.38. The van der Waals surface area contributed by atoms with E-state index in [-0.39, 0.29) is 29.1 Å². The molecule has 26 heavy (non-hydrogen) atoms. The molecule has 132 valence electrons. The van der Waals surface area contributed by atoms with Gasteiger partial charge in [-0.15, -0.1) is 0 Å². The standard InChI is InChI=1S/C20H17NO5/c1-3-13-6-4-5-7-17(13)21-18(23)15-9-8-14(10-16(15)19(21)24)20(25)26-11-12(2)22/h4-10H,3,11H2,1-2H3. The van der Waals surface area contributed by atoms with Crippen LogP contribution in [-0.2, 0) is 16.0 Å². The average Bonchev–Trinajstić information content (AvgIpc) is 2.89. The van der Waals surface area contributed by atoms with Gasteiger partial charge >= 0.3 is 5.97 Å². The molecule has 0 saturated carbocycles. The van der Waals surface area contributed by atoms with Crippen molar-refractivity contribution in [3.63, 3.8) is 0 Å². The maximum Gasteiger partial charge on any atom is 0.338 e. The fourth-order valence-corrected chi connectivity index (χ4v) is 2.87. The molecule has 0 radical (unpaired) electrons. The summed E-state index contributed by atoms with van der Waals surface area (Å²) in [5.41, 5.74) is 1.93. The highest BCUT2D eigenvalue weighted by atomic mass is 16.5. The van der Waals surface area contributed by atoms with Crippen molar-refractivity contribution in [2.75, 3.05) is 11.5 Å². The van der Waals surface area contributed by atoms with Crippen molar-refractivity contribution in [2.45, 2.75) is 20.3 Å². The summed E-state index contributed by atoms with van der Waals surface area (Å²) in [6.07, 6.45) is 0.673. The number of aryl methyl sites for hydroxylation is 1. The van der Waals surface area contributed by atoms with Gasteiger partial charge in [0.2, 0.25) is 0 Å². The Morgan fingerprint density at radius 1 is 1.00 bits per heavy atom. The van der Waals surface area contributed by atoms with Crippen molar-refractivity contribution in [3.8, 4) is 0 Å². The number of Topliss-reactive ketones (excluding diaryl/α,β-unsaturated/α-hetero) is 1. The number of carbonyl (C=O) groups is 4. The van der Waals surface area contributed by atoms with Gasteiger partial charge in [-0.1, -0.05) is 25.1 Å². The van der Waals surface area contributed by atoms with Gasteiger partial charge in [-0.05, 0) is 43.2 Å². The Hall–Kier alpha value is -3.28. The van der Waals surface area contributed by atoms with E-state index >= 15 is 0 Å². The predicted molar refractivity (Wildman–Crippen MR) is 94.4 cm³/mol. The van der Waals surface area contributed by atoms with Crippen LogP contribution in [-0.4, -0.2) is 30.2 Å². The van der Waals surface area contributed by atoms with E-state index < -0.39 is 17.8 Å². The zero-order valence-electron chi connectivity index (χ0n) is 14.4. The van der Waals surface area contributed by atoms with Crippen molar-refractivity contribution in [1.29, 1.82) is 0 Å². The first-order valence-corrected chi connectivity index (χ1v) is 8.21. The molecule has 0 aliphatic carbocycles. The molecule has 0 unspecified atom stereocenters. The molecule has 3 rings (SSSR count). The molecular weight excluding hydrogens is 334 g/mol. The molecule has 1 heterocycles. The number of anilines is 1. The summed E-state index contributed by atoms with van der Waals surface area (Å²) in [4.78, 5) is 49.6. The lowest BCUT2D eigenvalue weighted by Gasteiger charge is -2.17. The fourth-order valence-electron chi connectivity index (χ4n) is 2.87. The number of ketones is 1. The molecule has 2 amide bonds. The first-order valence-electron chi connectivity index (χ1n) is 8.21. The molecule has 0 spiro atoms. The molecule has 0 atom stereocenters. The second kappa shape index (κ2) is 6.92. The van der Waals surface area contributed by atoms with Gasteiger partial charge in [-0.3, -0.25) is 14.4 Å². The summed E-state index contributed by atoms with van der Waals surface area (Å²) in [5, 5.41) is 0. The summed E-state index contributed by atoms with van der Waals surface area (Å²) in [6.45, 7) is 2.92. The molecule has 0 saturated heterocycles. The van der Waals surface area contributed by atoms with Crippen LogP contribution in [0.25, 0.3) is 0 Å². The van der Waals surface area contributed by atoms with E-state index in [1.807, 2.05) is 19.1 Å². The first kappa shape index (κ1) is 17.5. The van der Waals surface area contributed by atoms with Crippen molar-refractivity contribution < 1.29 is 23.9 Å². The molecule has 0 fully saturated rings. The highest BCUT2D eigenvalue weighted by molar-refractivity contribution is 6.35. The lowest BCUT2D eigenvalue weighted by molar-refractivity contribution is -0.120. The minimum atomic E-state index is -0.712. The van der Waals surface area contributed by atoms with Gasteiger partial charge in [0, 0.05) is 0 Å². The average molecular weight is 351 g/mol. The Morgan fingerprint density at radius 2 is 1.69 bits per heavy atom. The molecule has 0 bridgehead atoms. The molecule has 0 aromatic heterocycles. The van der Waals surface area contributed by atoms with Crippen molar-refractivity contribution >= 4 is 29.3 Å². The number of fused-ring (bicyclic) bond motifs is 1. The van der Waals surface area contributed by atoms with Gasteiger partial charge in [0.05, 0.1) is 22.4 Å². The van der Waals surface area contributed by atoms with E-state index in [0.717, 1.165) is 10.5 Å². The van der Waals surface area contributed by atoms with Crippen LogP contribution in [0.4, 0.5) is 5.69 Å². The molecule has 6 heteroatoms. The number of amides is 2. The molecule has 1 aliphatic rings. The van der Waals surface area contributed by atoms with Crippen molar-refractivity contribution in [1.82, 2.24) is 0 Å². The van der Waals surface area contributed by atoms with Crippen LogP contribution in [0.2, 0.25) is 0 Å². The number of ether oxygens (including phenoxy) is 1. The third kappa shape index (κ3) is 3.01. The summed E-state index contributed by atoms with van der Waals surface area (Å²) in [5.74, 6) is -1.90. The van der Waals surface area contributed by atoms with E-state index in [0.29, 0.717) is 12.1 Å². The quantitative estimate of drug-likeness (QED) is 0.611. The smallest absolute Gasteiger partial charge is 0.338 e. The lowest BCUT2D eigenvalue weighted by Crippen LogP contribution is -2.30. The zero-order valence-corrected chi connectivity index (χ0v) is 14.4. The SMILES string of the molecule is CCc1ccccc1N1C(=O)c2ccc(C(=O)OCC(C)=O)cc2C1=O. The summed E-state index contributed by atoms with van der Waals surface area (Å²) >= 11 is 0. The molecule has 2 aromatic rings. The van der Waals surface area contributed by atoms with Crippen LogP contribution in [0.15, 0.2) is 42.5 Å². The fraction of sp³-hybridized carbons (Fsp3) is 0.200. The Morgan fingerprint density at radius 3 is 2.38 bits per heavy atom. The van der Waals surface area contributed by atoms with Gasteiger partial charge in [0.1, 0.15) is 6.61 Å². The third-order valence-electron chi connectivity index (χ3n) is 4.14. The maximum atomic E-state index is 12.8. The van der Waals surface area contributed by atoms with Gasteiger partial charge in [0.15, 0.2) is 5.78 Å². The Bertz CT molecular complexity index is 932. The number of rotatable bonds is 5. The Labute approximate surface area is 150 Å². The predicted octanol–water partition coefficient (Wildman–Crippen LogP) is 2.80. The van der Waals surface area contributed by atoms with Gasteiger partial charge in [-0.2, -0.15) is 0 Å². The van der Waals surface area contributed by atoms with Gasteiger partial charge in [-0.25, -0.2) is 9.69 Å². The topological polar surface area (TPSA) is 80.8 Å². The monoisotopic (exact) mass is 351 g/mol. The van der Waals surface area contributed by atoms with Crippen LogP contribution in [0, 0.1) is 0 Å². The van der Waals surface area contributed by atoms with Crippen LogP contribution in [0.3, 0.4) is 0 Å². The van der Waals surface area contributed by atoms with E-state index in [1.165, 1.54) is 25.1 Å². The van der Waals surface area contributed by atoms with Gasteiger partial charge in [0.25, 0.3) is 11.8 Å². The van der Waals surface area contributed by atoms with E-state index in [2.05, 4.69) is 0 Å². The summed E-state index contributed by atoms with van der Waals surface area (Å²) < 4.78 is 4.86. The number of carbonyl (C=O) groups excluding carboxylic acids is 4. The Kier molecular flexibility index (Phi) is 4.67. The van der Waals surface area contributed by atoms with E-state index in [9.17, 15) is 19.2 Å². The first-order chi connectivity index (χ1) is 12.4. The molecule has 2 aromatic carbocycles. The number of hydrogen-bond acceptors (Lipinski definition) is 5. The third-order valence-corrected chi connectivity index (χ3v) is 4.14. The molecule has 0 N–H and O–H groups in total. The van der Waals surface area contributed by atoms with Crippen LogP contribution >= 0.6 is 0 Å². The number of benzene rings is 2. The number of nitrogens with zero attached hydrogens (tertiary/aromatic N) is 1. The van der Waals surface area contributed by atoms with E-state index in [4.69, 9.17) is 4.74 Å². The number of para-hydroxylation sites is 1. The van der Waals surface area contributed by atoms with Crippen LogP contribution in [0.5, 0.6) is 0 Å². The minimum absolute atomic E-state index is 0.122. The van der Waals surface area contributed by atoms with E-state index in [1.54, 1.807) is 12.1 Å². The number of hydrogen-bond donors (Lipinski definition) is 0. The second-order valence-electron chi connectivity index (χ2n) is 5.97. The van der Waals surface area contributed by atoms with Gasteiger partial charge < -0.3 is 4.74 Å². The minimum Gasteiger partial charge on any atom is -0.454 e.